The predicted octanol–water partition coefficient (Wildman–Crippen LogP) is 2.16. The Morgan fingerprint density at radius 1 is 1.17 bits per heavy atom. The lowest BCUT2D eigenvalue weighted by molar-refractivity contribution is -0.192. The molecule has 41 heavy (non-hydrogen) atoms. The van der Waals surface area contributed by atoms with Crippen molar-refractivity contribution in [1.29, 1.82) is 0 Å². The highest BCUT2D eigenvalue weighted by Crippen LogP contribution is 2.40. The number of fused-ring (bicyclic) bond motifs is 2. The molecule has 0 bridgehead atoms. The van der Waals surface area contributed by atoms with Gasteiger partial charge in [-0.2, -0.15) is 23.4 Å². The van der Waals surface area contributed by atoms with Gasteiger partial charge in [-0.15, -0.1) is 0 Å². The molecule has 2 amide bonds. The molecule has 218 valence electrons. The third kappa shape index (κ3) is 6.98. The van der Waals surface area contributed by atoms with Crippen molar-refractivity contribution in [3.05, 3.63) is 72.1 Å². The Morgan fingerprint density at radius 3 is 2.54 bits per heavy atom. The number of aromatic nitrogens is 4. The van der Waals surface area contributed by atoms with Gasteiger partial charge in [0, 0.05) is 44.9 Å². The molecule has 1 spiro atoms. The average molecular weight is 577 g/mol. The molecule has 4 heterocycles. The normalized spacial score (nSPS) is 17.6. The number of alkyl halides is 3. The topological polar surface area (TPSA) is 149 Å². The van der Waals surface area contributed by atoms with Gasteiger partial charge in [0.25, 0.3) is 11.8 Å². The maximum absolute atomic E-state index is 13.1. The summed E-state index contributed by atoms with van der Waals surface area (Å²) < 4.78 is 45.4. The number of hydrogen-bond acceptors (Lipinski definition) is 8. The SMILES string of the molecule is COc1cccc(CNC(=O)C2Cn3ccnc3C3(CCN(C(=O)c4ccnnc4)CC3)O2)c1.O=C(O)C(F)(F)F. The molecule has 12 nitrogen and oxygen atoms in total. The number of aliphatic carboxylic acids is 1. The van der Waals surface area contributed by atoms with Crippen LogP contribution >= 0.6 is 0 Å². The molecule has 2 aliphatic rings. The van der Waals surface area contributed by atoms with Gasteiger partial charge in [-0.25, -0.2) is 9.78 Å². The smallest absolute Gasteiger partial charge is 0.490 e. The number of carbonyl (C=O) groups is 3. The Bertz CT molecular complexity index is 1380. The number of halogens is 3. The van der Waals surface area contributed by atoms with Crippen LogP contribution in [0.2, 0.25) is 0 Å². The summed E-state index contributed by atoms with van der Waals surface area (Å²) in [6.07, 6.45) is 1.95. The molecule has 2 aliphatic heterocycles. The highest BCUT2D eigenvalue weighted by molar-refractivity contribution is 5.93. The predicted molar refractivity (Wildman–Crippen MR) is 134 cm³/mol. The number of rotatable bonds is 5. The van der Waals surface area contributed by atoms with Crippen molar-refractivity contribution in [1.82, 2.24) is 30.0 Å². The quantitative estimate of drug-likeness (QED) is 0.466. The molecule has 15 heteroatoms. The lowest BCUT2D eigenvalue weighted by Crippen LogP contribution is -2.54. The van der Waals surface area contributed by atoms with Crippen molar-refractivity contribution in [3.63, 3.8) is 0 Å². The summed E-state index contributed by atoms with van der Waals surface area (Å²) in [5, 5.41) is 17.6. The van der Waals surface area contributed by atoms with E-state index in [0.29, 0.717) is 44.6 Å². The molecule has 1 fully saturated rings. The standard InChI is InChI=1S/C24H26N6O4.C2HF3O2/c1-33-19-4-2-3-17(13-19)14-26-21(31)20-16-30-12-9-25-23(30)24(34-20)6-10-29(11-7-24)22(32)18-5-8-27-28-15-18;3-2(4,5)1(6)7/h2-5,8-9,12-13,15,20H,6-7,10-11,14,16H2,1H3,(H,26,31);(H,6,7). The maximum atomic E-state index is 13.1. The van der Waals surface area contributed by atoms with Crippen LogP contribution in [0.25, 0.3) is 0 Å². The maximum Gasteiger partial charge on any atom is 0.490 e. The van der Waals surface area contributed by atoms with Gasteiger partial charge in [0.2, 0.25) is 0 Å². The molecule has 1 saturated heterocycles. The Labute approximate surface area is 232 Å². The second-order valence-electron chi connectivity index (χ2n) is 9.30. The van der Waals surface area contributed by atoms with E-state index >= 15 is 0 Å². The number of carboxylic acids is 1. The third-order valence-corrected chi connectivity index (χ3v) is 6.68. The zero-order chi connectivity index (χ0) is 29.6. The van der Waals surface area contributed by atoms with E-state index in [2.05, 4.69) is 20.5 Å². The zero-order valence-corrected chi connectivity index (χ0v) is 21.9. The van der Waals surface area contributed by atoms with Crippen LogP contribution in [0.1, 0.15) is 34.6 Å². The number of benzene rings is 1. The largest absolute Gasteiger partial charge is 0.497 e. The first-order valence-corrected chi connectivity index (χ1v) is 12.5. The van der Waals surface area contributed by atoms with Crippen LogP contribution < -0.4 is 10.1 Å². The van der Waals surface area contributed by atoms with Gasteiger partial charge in [-0.3, -0.25) is 9.59 Å². The Morgan fingerprint density at radius 2 is 1.90 bits per heavy atom. The van der Waals surface area contributed by atoms with Crippen molar-refractivity contribution >= 4 is 17.8 Å². The molecule has 0 aliphatic carbocycles. The molecule has 0 radical (unpaired) electrons. The number of carboxylic acid groups (broad SMARTS) is 1. The first-order valence-electron chi connectivity index (χ1n) is 12.5. The van der Waals surface area contributed by atoms with Gasteiger partial charge in [-0.1, -0.05) is 12.1 Å². The summed E-state index contributed by atoms with van der Waals surface area (Å²) in [4.78, 5) is 41.1. The molecule has 5 rings (SSSR count). The number of methoxy groups -OCH3 is 1. The number of nitrogens with zero attached hydrogens (tertiary/aromatic N) is 5. The van der Waals surface area contributed by atoms with Crippen molar-refractivity contribution in [3.8, 4) is 5.75 Å². The molecule has 1 atom stereocenters. The molecule has 2 aromatic heterocycles. The summed E-state index contributed by atoms with van der Waals surface area (Å²) in [5.74, 6) is -1.47. The third-order valence-electron chi connectivity index (χ3n) is 6.68. The first kappa shape index (κ1) is 29.5. The van der Waals surface area contributed by atoms with E-state index in [9.17, 15) is 22.8 Å². The number of nitrogens with one attached hydrogen (secondary N) is 1. The van der Waals surface area contributed by atoms with Crippen LogP contribution in [0, 0.1) is 0 Å². The van der Waals surface area contributed by atoms with Crippen LogP contribution in [0.5, 0.6) is 5.75 Å². The van der Waals surface area contributed by atoms with E-state index in [-0.39, 0.29) is 11.8 Å². The van der Waals surface area contributed by atoms with Gasteiger partial charge in [0.1, 0.15) is 17.2 Å². The van der Waals surface area contributed by atoms with Crippen molar-refractivity contribution in [2.75, 3.05) is 20.2 Å². The molecule has 2 N–H and O–H groups in total. The van der Waals surface area contributed by atoms with Crippen LogP contribution in [-0.2, 0) is 33.0 Å². The van der Waals surface area contributed by atoms with E-state index in [0.717, 1.165) is 17.1 Å². The molecular weight excluding hydrogens is 549 g/mol. The Balaban J connectivity index is 0.000000493. The number of likely N-dealkylation sites (tertiary alicyclic amines) is 1. The monoisotopic (exact) mass is 576 g/mol. The fourth-order valence-corrected chi connectivity index (χ4v) is 4.63. The number of piperidine rings is 1. The van der Waals surface area contributed by atoms with Gasteiger partial charge >= 0.3 is 12.1 Å². The lowest BCUT2D eigenvalue weighted by Gasteiger charge is -2.45. The molecular formula is C26H27F3N6O6. The minimum Gasteiger partial charge on any atom is -0.497 e. The van der Waals surface area contributed by atoms with Crippen LogP contribution in [0.15, 0.2) is 55.1 Å². The van der Waals surface area contributed by atoms with Gasteiger partial charge in [0.15, 0.2) is 6.10 Å². The van der Waals surface area contributed by atoms with Gasteiger partial charge in [0.05, 0.1) is 31.6 Å². The summed E-state index contributed by atoms with van der Waals surface area (Å²) >= 11 is 0. The number of hydrogen-bond donors (Lipinski definition) is 2. The van der Waals surface area contributed by atoms with E-state index in [4.69, 9.17) is 19.4 Å². The highest BCUT2D eigenvalue weighted by atomic mass is 19.4. The first-order chi connectivity index (χ1) is 19.5. The summed E-state index contributed by atoms with van der Waals surface area (Å²) in [7, 11) is 1.61. The van der Waals surface area contributed by atoms with Gasteiger partial charge in [-0.05, 0) is 23.8 Å². The van der Waals surface area contributed by atoms with E-state index in [1.54, 1.807) is 24.3 Å². The fraction of sp³-hybridized carbons (Fsp3) is 0.385. The number of ether oxygens (including phenoxy) is 2. The Kier molecular flexibility index (Phi) is 8.86. The van der Waals surface area contributed by atoms with E-state index < -0.39 is 23.9 Å². The molecule has 3 aromatic rings. The lowest BCUT2D eigenvalue weighted by atomic mass is 9.88. The summed E-state index contributed by atoms with van der Waals surface area (Å²) in [6, 6.07) is 9.24. The summed E-state index contributed by atoms with van der Waals surface area (Å²) in [6.45, 7) is 1.76. The van der Waals surface area contributed by atoms with Crippen LogP contribution in [0.3, 0.4) is 0 Å². The van der Waals surface area contributed by atoms with E-state index in [1.807, 2.05) is 35.0 Å². The van der Waals surface area contributed by atoms with Crippen molar-refractivity contribution < 1.29 is 42.1 Å². The van der Waals surface area contributed by atoms with Gasteiger partial charge < -0.3 is 29.4 Å². The number of carbonyl (C=O) groups excluding carboxylic acids is 2. The molecule has 1 unspecified atom stereocenters. The fourth-order valence-electron chi connectivity index (χ4n) is 4.63. The second kappa shape index (κ2) is 12.3. The van der Waals surface area contributed by atoms with Crippen LogP contribution in [-0.4, -0.2) is 80.0 Å². The van der Waals surface area contributed by atoms with Crippen LogP contribution in [0.4, 0.5) is 13.2 Å². The molecule has 0 saturated carbocycles. The minimum atomic E-state index is -5.08. The zero-order valence-electron chi connectivity index (χ0n) is 21.9. The highest BCUT2D eigenvalue weighted by Gasteiger charge is 2.47. The molecule has 1 aromatic carbocycles. The number of imidazole rings is 1. The average Bonchev–Trinajstić information content (AvgIpc) is 3.46. The minimum absolute atomic E-state index is 0.0866. The Hall–Kier alpha value is -4.53. The van der Waals surface area contributed by atoms with Crippen molar-refractivity contribution in [2.45, 2.75) is 43.8 Å². The summed E-state index contributed by atoms with van der Waals surface area (Å²) in [5.41, 5.74) is 0.735. The van der Waals surface area contributed by atoms with Crippen molar-refractivity contribution in [2.24, 2.45) is 0 Å². The number of amides is 2. The second-order valence-corrected chi connectivity index (χ2v) is 9.30. The van der Waals surface area contributed by atoms with E-state index in [1.165, 1.54) is 12.4 Å².